The lowest BCUT2D eigenvalue weighted by molar-refractivity contribution is -0.131. The molecular formula is C13H10N4O3. The molecule has 2 rings (SSSR count). The lowest BCUT2D eigenvalue weighted by atomic mass is 10.2. The topological polar surface area (TPSA) is 105 Å². The highest BCUT2D eigenvalue weighted by molar-refractivity contribution is 6.03. The number of hydrogen-bond donors (Lipinski definition) is 2. The van der Waals surface area contributed by atoms with Gasteiger partial charge in [-0.15, -0.1) is 0 Å². The third kappa shape index (κ3) is 3.70. The Bertz CT molecular complexity index is 656. The van der Waals surface area contributed by atoms with E-state index in [0.717, 1.165) is 6.08 Å². The largest absolute Gasteiger partial charge is 0.478 e. The Morgan fingerprint density at radius 2 is 1.95 bits per heavy atom. The van der Waals surface area contributed by atoms with Crippen LogP contribution in [0, 0.1) is 0 Å². The Morgan fingerprint density at radius 3 is 2.65 bits per heavy atom. The lowest BCUT2D eigenvalue weighted by Gasteiger charge is -2.03. The van der Waals surface area contributed by atoms with Crippen LogP contribution in [-0.4, -0.2) is 31.9 Å². The van der Waals surface area contributed by atoms with E-state index in [-0.39, 0.29) is 11.5 Å². The van der Waals surface area contributed by atoms with E-state index in [9.17, 15) is 9.59 Å². The van der Waals surface area contributed by atoms with Gasteiger partial charge in [0.05, 0.1) is 5.56 Å². The molecule has 0 aromatic carbocycles. The number of carbonyl (C=O) groups is 2. The number of pyridine rings is 1. The highest BCUT2D eigenvalue weighted by Gasteiger charge is 2.08. The third-order valence-electron chi connectivity index (χ3n) is 2.23. The van der Waals surface area contributed by atoms with Crippen LogP contribution in [0.1, 0.15) is 15.9 Å². The van der Waals surface area contributed by atoms with Gasteiger partial charge in [0, 0.05) is 30.9 Å². The number of carboxylic acids is 1. The van der Waals surface area contributed by atoms with E-state index < -0.39 is 11.9 Å². The highest BCUT2D eigenvalue weighted by atomic mass is 16.4. The van der Waals surface area contributed by atoms with Gasteiger partial charge >= 0.3 is 5.97 Å². The van der Waals surface area contributed by atoms with Gasteiger partial charge in [-0.25, -0.2) is 14.8 Å². The van der Waals surface area contributed by atoms with Crippen LogP contribution < -0.4 is 5.32 Å². The molecular weight excluding hydrogens is 260 g/mol. The summed E-state index contributed by atoms with van der Waals surface area (Å²) in [6.45, 7) is 0. The fourth-order valence-corrected chi connectivity index (χ4v) is 1.38. The van der Waals surface area contributed by atoms with Crippen molar-refractivity contribution in [2.75, 3.05) is 5.32 Å². The molecule has 100 valence electrons. The van der Waals surface area contributed by atoms with Gasteiger partial charge in [0.15, 0.2) is 0 Å². The average molecular weight is 270 g/mol. The summed E-state index contributed by atoms with van der Waals surface area (Å²) in [6.07, 6.45) is 8.16. The molecule has 0 aliphatic heterocycles. The molecule has 7 nitrogen and oxygen atoms in total. The van der Waals surface area contributed by atoms with Crippen molar-refractivity contribution in [3.63, 3.8) is 0 Å². The van der Waals surface area contributed by atoms with Crippen LogP contribution >= 0.6 is 0 Å². The zero-order valence-corrected chi connectivity index (χ0v) is 10.2. The molecule has 0 aliphatic carbocycles. The normalized spacial score (nSPS) is 10.4. The Balaban J connectivity index is 2.14. The summed E-state index contributed by atoms with van der Waals surface area (Å²) in [6, 6.07) is 3.15. The molecule has 0 radical (unpaired) electrons. The fraction of sp³-hybridized carbons (Fsp3) is 0. The van der Waals surface area contributed by atoms with Gasteiger partial charge in [0.1, 0.15) is 0 Å². The zero-order valence-electron chi connectivity index (χ0n) is 10.2. The maximum Gasteiger partial charge on any atom is 0.328 e. The van der Waals surface area contributed by atoms with Crippen molar-refractivity contribution in [3.8, 4) is 0 Å². The van der Waals surface area contributed by atoms with Crippen LogP contribution in [0.3, 0.4) is 0 Å². The van der Waals surface area contributed by atoms with E-state index in [1.165, 1.54) is 36.9 Å². The molecule has 2 N–H and O–H groups in total. The molecule has 0 saturated heterocycles. The minimum atomic E-state index is -1.07. The Hall–Kier alpha value is -3.09. The Kier molecular flexibility index (Phi) is 4.13. The van der Waals surface area contributed by atoms with Crippen LogP contribution in [0.5, 0.6) is 0 Å². The molecule has 2 heterocycles. The van der Waals surface area contributed by atoms with Gasteiger partial charge in [0.25, 0.3) is 5.91 Å². The summed E-state index contributed by atoms with van der Waals surface area (Å²) in [5.74, 6) is -1.31. The molecule has 0 bridgehead atoms. The van der Waals surface area contributed by atoms with E-state index in [0.29, 0.717) is 5.56 Å². The monoisotopic (exact) mass is 270 g/mol. The molecule has 0 atom stereocenters. The zero-order chi connectivity index (χ0) is 14.4. The summed E-state index contributed by atoms with van der Waals surface area (Å²) in [7, 11) is 0. The smallest absolute Gasteiger partial charge is 0.328 e. The number of aliphatic carboxylic acids is 1. The predicted molar refractivity (Wildman–Crippen MR) is 70.9 cm³/mol. The molecule has 0 unspecified atom stereocenters. The Morgan fingerprint density at radius 1 is 1.20 bits per heavy atom. The van der Waals surface area contributed by atoms with Crippen molar-refractivity contribution < 1.29 is 14.7 Å². The van der Waals surface area contributed by atoms with Crippen molar-refractivity contribution in [2.45, 2.75) is 0 Å². The number of aromatic nitrogens is 3. The first-order valence-corrected chi connectivity index (χ1v) is 5.59. The molecule has 2 aromatic rings. The number of rotatable bonds is 4. The Labute approximate surface area is 114 Å². The van der Waals surface area contributed by atoms with Crippen LogP contribution in [0.4, 0.5) is 5.95 Å². The van der Waals surface area contributed by atoms with Crippen LogP contribution in [0.2, 0.25) is 0 Å². The molecule has 0 aliphatic rings. The maximum absolute atomic E-state index is 11.9. The van der Waals surface area contributed by atoms with Crippen LogP contribution in [0.25, 0.3) is 6.08 Å². The highest BCUT2D eigenvalue weighted by Crippen LogP contribution is 2.07. The number of anilines is 1. The SMILES string of the molecule is O=C(O)C=Cc1cncc(C(=O)Nc2ncccn2)c1. The summed E-state index contributed by atoms with van der Waals surface area (Å²) in [4.78, 5) is 34.0. The standard InChI is InChI=1S/C13H10N4O3/c18-11(19)3-2-9-6-10(8-14-7-9)12(20)17-13-15-4-1-5-16-13/h1-8H,(H,18,19)(H,15,16,17,20). The van der Waals surface area contributed by atoms with Crippen molar-refractivity contribution >= 4 is 23.9 Å². The van der Waals surface area contributed by atoms with E-state index in [1.54, 1.807) is 6.07 Å². The van der Waals surface area contributed by atoms with Crippen molar-refractivity contribution in [1.82, 2.24) is 15.0 Å². The molecule has 0 spiro atoms. The molecule has 0 saturated carbocycles. The van der Waals surface area contributed by atoms with Gasteiger partial charge in [-0.1, -0.05) is 0 Å². The third-order valence-corrected chi connectivity index (χ3v) is 2.23. The van der Waals surface area contributed by atoms with Crippen molar-refractivity contribution in [3.05, 3.63) is 54.1 Å². The van der Waals surface area contributed by atoms with Gasteiger partial charge in [-0.05, 0) is 23.8 Å². The molecule has 0 fully saturated rings. The summed E-state index contributed by atoms with van der Waals surface area (Å²) in [5.41, 5.74) is 0.791. The first kappa shape index (κ1) is 13.3. The van der Waals surface area contributed by atoms with Gasteiger partial charge in [-0.3, -0.25) is 15.1 Å². The molecule has 7 heteroatoms. The molecule has 1 amide bonds. The van der Waals surface area contributed by atoms with Gasteiger partial charge in [-0.2, -0.15) is 0 Å². The number of nitrogens with one attached hydrogen (secondary N) is 1. The van der Waals surface area contributed by atoms with E-state index in [2.05, 4.69) is 20.3 Å². The first-order chi connectivity index (χ1) is 9.65. The first-order valence-electron chi connectivity index (χ1n) is 5.59. The quantitative estimate of drug-likeness (QED) is 0.809. The van der Waals surface area contributed by atoms with Gasteiger partial charge in [0.2, 0.25) is 5.95 Å². The minimum absolute atomic E-state index is 0.184. The van der Waals surface area contributed by atoms with E-state index >= 15 is 0 Å². The van der Waals surface area contributed by atoms with Crippen LogP contribution in [0.15, 0.2) is 43.0 Å². The number of carbonyl (C=O) groups excluding carboxylic acids is 1. The summed E-state index contributed by atoms with van der Waals surface area (Å²) >= 11 is 0. The van der Waals surface area contributed by atoms with E-state index in [1.807, 2.05) is 0 Å². The van der Waals surface area contributed by atoms with Crippen LogP contribution in [-0.2, 0) is 4.79 Å². The fourth-order valence-electron chi connectivity index (χ4n) is 1.38. The summed E-state index contributed by atoms with van der Waals surface area (Å²) < 4.78 is 0. The van der Waals surface area contributed by atoms with Crippen molar-refractivity contribution in [1.29, 1.82) is 0 Å². The van der Waals surface area contributed by atoms with Crippen molar-refractivity contribution in [2.24, 2.45) is 0 Å². The lowest BCUT2D eigenvalue weighted by Crippen LogP contribution is -2.14. The number of hydrogen-bond acceptors (Lipinski definition) is 5. The number of amides is 1. The number of carboxylic acid groups (broad SMARTS) is 1. The minimum Gasteiger partial charge on any atom is -0.478 e. The summed E-state index contributed by atoms with van der Waals surface area (Å²) in [5, 5.41) is 11.1. The second-order valence-corrected chi connectivity index (χ2v) is 3.71. The second-order valence-electron chi connectivity index (χ2n) is 3.71. The van der Waals surface area contributed by atoms with Gasteiger partial charge < -0.3 is 5.11 Å². The second kappa shape index (κ2) is 6.19. The molecule has 20 heavy (non-hydrogen) atoms. The van der Waals surface area contributed by atoms with E-state index in [4.69, 9.17) is 5.11 Å². The average Bonchev–Trinajstić information content (AvgIpc) is 2.46. The maximum atomic E-state index is 11.9. The predicted octanol–water partition coefficient (Wildman–Crippen LogP) is 1.22. The number of nitrogens with zero attached hydrogens (tertiary/aromatic N) is 3. The molecule has 2 aromatic heterocycles.